The van der Waals surface area contributed by atoms with E-state index in [9.17, 15) is 4.79 Å². The van der Waals surface area contributed by atoms with E-state index in [4.69, 9.17) is 13.9 Å². The molecule has 0 aromatic heterocycles. The smallest absolute Gasteiger partial charge is 0.192 e. The average molecular weight is 435 g/mol. The molecule has 0 N–H and O–H groups in total. The summed E-state index contributed by atoms with van der Waals surface area (Å²) in [5, 5.41) is 1.30. The van der Waals surface area contributed by atoms with Crippen LogP contribution in [0.25, 0.3) is 5.76 Å². The van der Waals surface area contributed by atoms with Crippen molar-refractivity contribution < 1.29 is 18.7 Å². The molecule has 2 rings (SSSR count). The SMILES string of the molecule is COC1=C([Si](C)(C)C)C[C@H](C=O)[C@@H](O[Si](C)(C)C(C)(C)C)c2cccc(OC)c21. The Labute approximate surface area is 178 Å². The zero-order valence-electron chi connectivity index (χ0n) is 19.8. The van der Waals surface area contributed by atoms with Gasteiger partial charge in [-0.3, -0.25) is 0 Å². The molecular weight excluding hydrogens is 396 g/mol. The molecule has 0 spiro atoms. The van der Waals surface area contributed by atoms with Crippen LogP contribution in [0.2, 0.25) is 37.8 Å². The van der Waals surface area contributed by atoms with Crippen molar-refractivity contribution in [3.63, 3.8) is 0 Å². The highest BCUT2D eigenvalue weighted by Crippen LogP contribution is 2.49. The molecule has 29 heavy (non-hydrogen) atoms. The molecule has 162 valence electrons. The first-order chi connectivity index (χ1) is 13.3. The maximum Gasteiger partial charge on any atom is 0.192 e. The number of hydrogen-bond acceptors (Lipinski definition) is 4. The number of aldehydes is 1. The van der Waals surface area contributed by atoms with E-state index in [1.807, 2.05) is 12.1 Å². The molecule has 1 aromatic rings. The van der Waals surface area contributed by atoms with Crippen LogP contribution in [0.15, 0.2) is 23.4 Å². The number of hydrogen-bond donors (Lipinski definition) is 0. The van der Waals surface area contributed by atoms with Crippen LogP contribution in [0.4, 0.5) is 0 Å². The average Bonchev–Trinajstić information content (AvgIpc) is 2.74. The first-order valence-corrected chi connectivity index (χ1v) is 16.8. The summed E-state index contributed by atoms with van der Waals surface area (Å²) in [4.78, 5) is 12.3. The lowest BCUT2D eigenvalue weighted by molar-refractivity contribution is -0.113. The van der Waals surface area contributed by atoms with Gasteiger partial charge in [-0.05, 0) is 41.4 Å². The highest BCUT2D eigenvalue weighted by atomic mass is 28.4. The molecule has 0 aliphatic heterocycles. The van der Waals surface area contributed by atoms with Gasteiger partial charge in [-0.1, -0.05) is 52.5 Å². The molecule has 1 aliphatic rings. The normalized spacial score (nSPS) is 20.8. The third-order valence-electron chi connectivity index (χ3n) is 6.43. The highest BCUT2D eigenvalue weighted by Gasteiger charge is 2.44. The molecule has 1 aromatic carbocycles. The Balaban J connectivity index is 2.80. The third-order valence-corrected chi connectivity index (χ3v) is 13.1. The number of methoxy groups -OCH3 is 2. The maximum absolute atomic E-state index is 12.3. The van der Waals surface area contributed by atoms with Crippen LogP contribution in [0.1, 0.15) is 44.4 Å². The number of benzene rings is 1. The van der Waals surface area contributed by atoms with Gasteiger partial charge < -0.3 is 18.7 Å². The van der Waals surface area contributed by atoms with E-state index < -0.39 is 16.4 Å². The molecular formula is C23H38O4Si2. The molecule has 0 radical (unpaired) electrons. The van der Waals surface area contributed by atoms with E-state index in [-0.39, 0.29) is 17.1 Å². The topological polar surface area (TPSA) is 44.8 Å². The summed E-state index contributed by atoms with van der Waals surface area (Å²) in [6.45, 7) is 18.1. The van der Waals surface area contributed by atoms with Crippen LogP contribution in [-0.2, 0) is 14.0 Å². The van der Waals surface area contributed by atoms with Crippen molar-refractivity contribution >= 4 is 28.4 Å². The summed E-state index contributed by atoms with van der Waals surface area (Å²) in [6, 6.07) is 6.01. The number of allylic oxidation sites excluding steroid dienone is 1. The molecule has 0 saturated heterocycles. The Bertz CT molecular complexity index is 785. The van der Waals surface area contributed by atoms with E-state index in [2.05, 4.69) is 59.6 Å². The Morgan fingerprint density at radius 2 is 1.66 bits per heavy atom. The van der Waals surface area contributed by atoms with Gasteiger partial charge in [0.25, 0.3) is 0 Å². The number of carbonyl (C=O) groups is 1. The number of rotatable bonds is 6. The zero-order chi connectivity index (χ0) is 22.2. The van der Waals surface area contributed by atoms with Gasteiger partial charge in [-0.2, -0.15) is 0 Å². The standard InChI is InChI=1S/C23H38O4Si2/c1-23(2,3)29(9,10)27-21-16(15-24)14-19(28(6,7)8)22(26-5)20-17(21)12-11-13-18(20)25-4/h11-13,15-16,21H,14H2,1-10H3/t16-,21-/m1/s1. The van der Waals surface area contributed by atoms with Gasteiger partial charge in [0, 0.05) is 5.92 Å². The van der Waals surface area contributed by atoms with Gasteiger partial charge in [0.1, 0.15) is 17.8 Å². The number of fused-ring (bicyclic) bond motifs is 1. The predicted octanol–water partition coefficient (Wildman–Crippen LogP) is 6.21. The van der Waals surface area contributed by atoms with Gasteiger partial charge in [0.15, 0.2) is 8.32 Å². The van der Waals surface area contributed by atoms with Gasteiger partial charge >= 0.3 is 0 Å². The van der Waals surface area contributed by atoms with E-state index in [0.717, 1.165) is 28.9 Å². The molecule has 0 amide bonds. The lowest BCUT2D eigenvalue weighted by atomic mass is 9.93. The van der Waals surface area contributed by atoms with Crippen LogP contribution < -0.4 is 4.74 Å². The summed E-state index contributed by atoms with van der Waals surface area (Å²) in [5.74, 6) is 1.39. The van der Waals surface area contributed by atoms with Gasteiger partial charge in [0.2, 0.25) is 0 Å². The van der Waals surface area contributed by atoms with E-state index in [1.165, 1.54) is 5.20 Å². The van der Waals surface area contributed by atoms with Gasteiger partial charge in [0.05, 0.1) is 34.0 Å². The van der Waals surface area contributed by atoms with Crippen molar-refractivity contribution in [1.29, 1.82) is 0 Å². The molecule has 0 saturated carbocycles. The number of ether oxygens (including phenoxy) is 2. The minimum absolute atomic E-state index is 0.0465. The lowest BCUT2D eigenvalue weighted by Crippen LogP contribution is -2.43. The second kappa shape index (κ2) is 8.40. The zero-order valence-corrected chi connectivity index (χ0v) is 21.8. The Morgan fingerprint density at radius 1 is 1.03 bits per heavy atom. The maximum atomic E-state index is 12.3. The fourth-order valence-corrected chi connectivity index (χ4v) is 6.70. The molecule has 4 nitrogen and oxygen atoms in total. The Morgan fingerprint density at radius 3 is 2.10 bits per heavy atom. The van der Waals surface area contributed by atoms with E-state index in [0.29, 0.717) is 6.42 Å². The summed E-state index contributed by atoms with van der Waals surface area (Å²) in [6.07, 6.45) is 1.44. The van der Waals surface area contributed by atoms with Crippen LogP contribution in [0.5, 0.6) is 5.75 Å². The van der Waals surface area contributed by atoms with E-state index >= 15 is 0 Å². The highest BCUT2D eigenvalue weighted by molar-refractivity contribution is 6.84. The lowest BCUT2D eigenvalue weighted by Gasteiger charge is -2.41. The minimum atomic E-state index is -2.12. The van der Waals surface area contributed by atoms with Crippen molar-refractivity contribution in [3.05, 3.63) is 34.5 Å². The molecule has 0 unspecified atom stereocenters. The molecule has 0 bridgehead atoms. The van der Waals surface area contributed by atoms with Crippen LogP contribution in [0, 0.1) is 5.92 Å². The van der Waals surface area contributed by atoms with Crippen molar-refractivity contribution in [2.24, 2.45) is 5.92 Å². The summed E-state index contributed by atoms with van der Waals surface area (Å²) in [7, 11) is -0.478. The largest absolute Gasteiger partial charge is 0.496 e. The molecule has 6 heteroatoms. The summed E-state index contributed by atoms with van der Waals surface area (Å²) >= 11 is 0. The predicted molar refractivity (Wildman–Crippen MR) is 125 cm³/mol. The van der Waals surface area contributed by atoms with Crippen molar-refractivity contribution in [2.75, 3.05) is 14.2 Å². The van der Waals surface area contributed by atoms with E-state index in [1.54, 1.807) is 14.2 Å². The van der Waals surface area contributed by atoms with Crippen molar-refractivity contribution in [3.8, 4) is 5.75 Å². The fourth-order valence-electron chi connectivity index (χ4n) is 3.65. The Kier molecular flexibility index (Phi) is 6.92. The van der Waals surface area contributed by atoms with Crippen molar-refractivity contribution in [1.82, 2.24) is 0 Å². The second-order valence-electron chi connectivity index (χ2n) is 10.5. The first-order valence-electron chi connectivity index (χ1n) is 10.4. The van der Waals surface area contributed by atoms with Gasteiger partial charge in [-0.15, -0.1) is 0 Å². The molecule has 0 fully saturated rings. The second-order valence-corrected chi connectivity index (χ2v) is 20.3. The summed E-state index contributed by atoms with van der Waals surface area (Å²) < 4.78 is 18.6. The Hall–Kier alpha value is -1.38. The van der Waals surface area contributed by atoms with Gasteiger partial charge in [-0.25, -0.2) is 0 Å². The molecule has 1 aliphatic carbocycles. The number of carbonyl (C=O) groups excluding carboxylic acids is 1. The first kappa shape index (κ1) is 23.9. The quantitative estimate of drug-likeness (QED) is 0.394. The monoisotopic (exact) mass is 434 g/mol. The summed E-state index contributed by atoms with van der Waals surface area (Å²) in [5.41, 5.74) is 1.94. The third kappa shape index (κ3) is 4.70. The molecule has 2 atom stereocenters. The van der Waals surface area contributed by atoms with Crippen LogP contribution in [-0.4, -0.2) is 36.9 Å². The van der Waals surface area contributed by atoms with Crippen LogP contribution >= 0.6 is 0 Å². The fraction of sp³-hybridized carbons (Fsp3) is 0.609. The van der Waals surface area contributed by atoms with Crippen molar-refractivity contribution in [2.45, 2.75) is 71.1 Å². The minimum Gasteiger partial charge on any atom is -0.496 e. The molecule has 0 heterocycles. The van der Waals surface area contributed by atoms with Crippen LogP contribution in [0.3, 0.4) is 0 Å².